The molecule has 0 aliphatic rings. The molecule has 4 aromatic carbocycles. The van der Waals surface area contributed by atoms with E-state index < -0.39 is 18.1 Å². The lowest BCUT2D eigenvalue weighted by molar-refractivity contribution is 0.590. The van der Waals surface area contributed by atoms with Crippen LogP contribution in [0.3, 0.4) is 0 Å². The summed E-state index contributed by atoms with van der Waals surface area (Å²) in [5, 5.41) is 5.36. The van der Waals surface area contributed by atoms with Gasteiger partial charge in [0.25, 0.3) is 0 Å². The number of hydrogen-bond donors (Lipinski definition) is 0. The molecule has 0 bridgehead atoms. The third kappa shape index (κ3) is 8.26. The van der Waals surface area contributed by atoms with Crippen LogP contribution in [0.5, 0.6) is 0 Å². The molecule has 0 spiro atoms. The zero-order valence-electron chi connectivity index (χ0n) is 28.8. The maximum absolute atomic E-state index is 7.57. The molecule has 1 nitrogen and oxygen atoms in total. The normalized spacial score (nSPS) is 13.2. The molecule has 0 aliphatic heterocycles. The molecule has 0 radical (unpaired) electrons. The summed E-state index contributed by atoms with van der Waals surface area (Å²) in [6.45, 7) is 27.4. The Bertz CT molecular complexity index is 1240. The Hall–Kier alpha value is -2.73. The quantitative estimate of drug-likeness (QED) is 0.210. The van der Waals surface area contributed by atoms with Crippen molar-refractivity contribution in [2.24, 2.45) is 0 Å². The first kappa shape index (κ1) is 33.2. The van der Waals surface area contributed by atoms with E-state index in [0.29, 0.717) is 0 Å². The predicted molar refractivity (Wildman–Crippen MR) is 194 cm³/mol. The van der Waals surface area contributed by atoms with Gasteiger partial charge in [0.1, 0.15) is 0 Å². The van der Waals surface area contributed by atoms with E-state index in [4.69, 9.17) is 4.12 Å². The first-order valence-electron chi connectivity index (χ1n) is 15.9. The van der Waals surface area contributed by atoms with Crippen molar-refractivity contribution in [3.05, 3.63) is 119 Å². The topological polar surface area (TPSA) is 9.23 Å². The van der Waals surface area contributed by atoms with Gasteiger partial charge in [-0.25, -0.2) is 0 Å². The molecule has 0 atom stereocenters. The van der Waals surface area contributed by atoms with Crippen LogP contribution in [0.25, 0.3) is 0 Å². The van der Waals surface area contributed by atoms with Gasteiger partial charge in [0.05, 0.1) is 0 Å². The van der Waals surface area contributed by atoms with Crippen LogP contribution in [0.4, 0.5) is 0 Å². The van der Waals surface area contributed by atoms with Gasteiger partial charge in [0, 0.05) is 0 Å². The summed E-state index contributed by atoms with van der Waals surface area (Å²) in [7, 11) is -4.05. The molecule has 0 aromatic heterocycles. The van der Waals surface area contributed by atoms with Gasteiger partial charge < -0.3 is 4.12 Å². The molecule has 0 N–H and O–H groups in total. The van der Waals surface area contributed by atoms with Crippen molar-refractivity contribution in [1.82, 2.24) is 0 Å². The Morgan fingerprint density at radius 2 is 0.465 bits per heavy atom. The number of rotatable bonds is 6. The molecule has 4 rings (SSSR count). The van der Waals surface area contributed by atoms with Gasteiger partial charge in [-0.3, -0.25) is 0 Å². The van der Waals surface area contributed by atoms with Crippen LogP contribution in [0, 0.1) is 0 Å². The molecule has 0 saturated carbocycles. The molecule has 0 unspecified atom stereocenters. The highest BCUT2D eigenvalue weighted by atomic mass is 28.4. The Kier molecular flexibility index (Phi) is 9.52. The van der Waals surface area contributed by atoms with Crippen molar-refractivity contribution in [2.75, 3.05) is 0 Å². The highest BCUT2D eigenvalue weighted by Gasteiger charge is 2.28. The first-order valence-corrected chi connectivity index (χ1v) is 19.2. The number of benzene rings is 4. The van der Waals surface area contributed by atoms with Gasteiger partial charge in [0.2, 0.25) is 18.1 Å². The summed E-state index contributed by atoms with van der Waals surface area (Å²) in [4.78, 5) is 0. The lowest BCUT2D eigenvalue weighted by Gasteiger charge is -2.28. The molecule has 228 valence electrons. The van der Waals surface area contributed by atoms with E-state index in [-0.39, 0.29) is 21.7 Å². The van der Waals surface area contributed by atoms with Crippen LogP contribution in [-0.4, -0.2) is 18.1 Å². The molecule has 0 aliphatic carbocycles. The Morgan fingerprint density at radius 3 is 0.605 bits per heavy atom. The molecule has 4 aromatic rings. The second kappa shape index (κ2) is 12.3. The van der Waals surface area contributed by atoms with Crippen LogP contribution in [0.1, 0.15) is 105 Å². The van der Waals surface area contributed by atoms with E-state index in [1.165, 1.54) is 43.0 Å². The summed E-state index contributed by atoms with van der Waals surface area (Å²) in [5.74, 6) is 0. The fourth-order valence-electron chi connectivity index (χ4n) is 5.47. The maximum atomic E-state index is 7.57. The molecular formula is C40H54OSi2. The maximum Gasteiger partial charge on any atom is 0.228 e. The average molecular weight is 607 g/mol. The van der Waals surface area contributed by atoms with Gasteiger partial charge in [-0.15, -0.1) is 0 Å². The fourth-order valence-corrected chi connectivity index (χ4v) is 12.0. The lowest BCUT2D eigenvalue weighted by atomic mass is 9.87. The Labute approximate surface area is 266 Å². The molecule has 0 amide bonds. The molecule has 0 heterocycles. The van der Waals surface area contributed by atoms with Gasteiger partial charge in [-0.1, -0.05) is 180 Å². The second-order valence-corrected chi connectivity index (χ2v) is 21.7. The van der Waals surface area contributed by atoms with Crippen LogP contribution in [-0.2, 0) is 25.8 Å². The summed E-state index contributed by atoms with van der Waals surface area (Å²) >= 11 is 0. The van der Waals surface area contributed by atoms with Crippen molar-refractivity contribution in [1.29, 1.82) is 0 Å². The van der Waals surface area contributed by atoms with Crippen LogP contribution < -0.4 is 20.7 Å². The minimum absolute atomic E-state index is 0.117. The minimum Gasteiger partial charge on any atom is -0.446 e. The summed E-state index contributed by atoms with van der Waals surface area (Å²) in [5.41, 5.74) is 5.90. The van der Waals surface area contributed by atoms with Crippen molar-refractivity contribution in [3.63, 3.8) is 0 Å². The van der Waals surface area contributed by atoms with E-state index in [2.05, 4.69) is 180 Å². The summed E-state index contributed by atoms with van der Waals surface area (Å²) < 4.78 is 7.57. The van der Waals surface area contributed by atoms with E-state index >= 15 is 0 Å². The van der Waals surface area contributed by atoms with Gasteiger partial charge in [0.15, 0.2) is 0 Å². The van der Waals surface area contributed by atoms with Crippen molar-refractivity contribution in [2.45, 2.75) is 105 Å². The third-order valence-electron chi connectivity index (χ3n) is 8.59. The van der Waals surface area contributed by atoms with Gasteiger partial charge >= 0.3 is 0 Å². The lowest BCUT2D eigenvalue weighted by Crippen LogP contribution is -2.56. The van der Waals surface area contributed by atoms with Crippen molar-refractivity contribution < 1.29 is 4.12 Å². The zero-order chi connectivity index (χ0) is 31.8. The van der Waals surface area contributed by atoms with E-state index in [0.717, 1.165) is 0 Å². The fraction of sp³-hybridized carbons (Fsp3) is 0.400. The molecular weight excluding hydrogens is 553 g/mol. The monoisotopic (exact) mass is 606 g/mol. The third-order valence-corrected chi connectivity index (χ3v) is 14.7. The smallest absolute Gasteiger partial charge is 0.228 e. The van der Waals surface area contributed by atoms with Crippen molar-refractivity contribution in [3.8, 4) is 0 Å². The second-order valence-electron chi connectivity index (χ2n) is 16.4. The van der Waals surface area contributed by atoms with Gasteiger partial charge in [-0.05, 0) is 64.7 Å². The van der Waals surface area contributed by atoms with E-state index in [1.807, 2.05) is 0 Å². The van der Waals surface area contributed by atoms with Crippen LogP contribution in [0.15, 0.2) is 97.1 Å². The molecule has 0 saturated heterocycles. The molecule has 0 fully saturated rings. The SMILES string of the molecule is CC(C)(C)c1ccc([SiH](O[SiH](c2ccc(C(C)(C)C)cc2)c2ccc(C(C)(C)C)cc2)c2ccc(C(C)(C)C)cc2)cc1. The first-order chi connectivity index (χ1) is 19.8. The van der Waals surface area contributed by atoms with Gasteiger partial charge in [-0.2, -0.15) is 0 Å². The Morgan fingerprint density at radius 1 is 0.302 bits per heavy atom. The predicted octanol–water partition coefficient (Wildman–Crippen LogP) is 7.27. The highest BCUT2D eigenvalue weighted by molar-refractivity contribution is 6.91. The highest BCUT2D eigenvalue weighted by Crippen LogP contribution is 2.24. The van der Waals surface area contributed by atoms with E-state index in [1.54, 1.807) is 0 Å². The largest absolute Gasteiger partial charge is 0.446 e. The molecule has 43 heavy (non-hydrogen) atoms. The Balaban J connectivity index is 1.84. The average Bonchev–Trinajstić information content (AvgIpc) is 2.92. The summed E-state index contributed by atoms with van der Waals surface area (Å²) in [6.07, 6.45) is 0. The number of hydrogen-bond acceptors (Lipinski definition) is 1. The molecule has 3 heteroatoms. The van der Waals surface area contributed by atoms with Crippen LogP contribution >= 0.6 is 0 Å². The minimum atomic E-state index is -2.03. The zero-order valence-corrected chi connectivity index (χ0v) is 31.1. The standard InChI is InChI=1S/C40H54OSi2/c1-37(2,3)29-13-21-33(22-14-29)42(34-23-15-30(16-24-34)38(4,5)6)41-43(35-25-17-31(18-26-35)39(7,8)9)36-27-19-32(20-28-36)40(10,11)12/h13-28,42-43H,1-12H3. The van der Waals surface area contributed by atoms with Crippen LogP contribution in [0.2, 0.25) is 0 Å². The van der Waals surface area contributed by atoms with E-state index in [9.17, 15) is 0 Å². The van der Waals surface area contributed by atoms with Crippen molar-refractivity contribution >= 4 is 38.8 Å². The summed E-state index contributed by atoms with van der Waals surface area (Å²) in [6, 6.07) is 37.2.